The fourth-order valence-corrected chi connectivity index (χ4v) is 1.87. The quantitative estimate of drug-likeness (QED) is 0.635. The highest BCUT2D eigenvalue weighted by Gasteiger charge is 2.62. The highest BCUT2D eigenvalue weighted by Crippen LogP contribution is 2.38. The van der Waals surface area contributed by atoms with E-state index in [1.54, 1.807) is 6.92 Å². The molecule has 0 aliphatic carbocycles. The van der Waals surface area contributed by atoms with Crippen molar-refractivity contribution in [1.82, 2.24) is 0 Å². The van der Waals surface area contributed by atoms with Crippen LogP contribution in [0.15, 0.2) is 29.2 Å². The van der Waals surface area contributed by atoms with Gasteiger partial charge in [0.25, 0.3) is 0 Å². The molecule has 0 saturated carbocycles. The van der Waals surface area contributed by atoms with Crippen molar-refractivity contribution < 1.29 is 34.6 Å². The van der Waals surface area contributed by atoms with Crippen molar-refractivity contribution in [2.45, 2.75) is 24.1 Å². The van der Waals surface area contributed by atoms with E-state index in [9.17, 15) is 30.4 Å². The predicted molar refractivity (Wildman–Crippen MR) is 50.5 cm³/mol. The summed E-state index contributed by atoms with van der Waals surface area (Å²) in [6.07, 6.45) is -11.9. The van der Waals surface area contributed by atoms with Gasteiger partial charge in [-0.2, -0.15) is 34.6 Å². The number of alkyl halides is 5. The SMILES string of the molecule is Cc1ccc(S(=O)(=O)OC(F)(F)C(F)(F)F)cc1. The summed E-state index contributed by atoms with van der Waals surface area (Å²) in [4.78, 5) is -0.781. The van der Waals surface area contributed by atoms with Gasteiger partial charge in [0.2, 0.25) is 0 Å². The van der Waals surface area contributed by atoms with Crippen molar-refractivity contribution in [3.05, 3.63) is 29.8 Å². The van der Waals surface area contributed by atoms with Crippen LogP contribution >= 0.6 is 0 Å². The Morgan fingerprint density at radius 3 is 1.83 bits per heavy atom. The van der Waals surface area contributed by atoms with Crippen LogP contribution in [0, 0.1) is 6.92 Å². The third kappa shape index (κ3) is 3.16. The molecule has 3 nitrogen and oxygen atoms in total. The van der Waals surface area contributed by atoms with E-state index < -0.39 is 27.3 Å². The minimum atomic E-state index is -6.11. The zero-order chi connectivity index (χ0) is 14.2. The summed E-state index contributed by atoms with van der Waals surface area (Å²) in [6.45, 7) is 1.58. The molecule has 18 heavy (non-hydrogen) atoms. The summed E-state index contributed by atoms with van der Waals surface area (Å²) in [7, 11) is -5.19. The fourth-order valence-electron chi connectivity index (χ4n) is 0.938. The Bertz CT molecular complexity index is 518. The fraction of sp³-hybridized carbons (Fsp3) is 0.333. The molecule has 0 saturated heterocycles. The minimum absolute atomic E-state index is 0.608. The maximum absolute atomic E-state index is 12.5. The normalized spacial score (nSPS) is 13.7. The molecule has 0 heterocycles. The summed E-state index contributed by atoms with van der Waals surface area (Å²) in [5.41, 5.74) is 0.608. The lowest BCUT2D eigenvalue weighted by Gasteiger charge is -2.18. The van der Waals surface area contributed by atoms with Crippen LogP contribution in [-0.2, 0) is 14.3 Å². The van der Waals surface area contributed by atoms with Crippen LogP contribution in [0.1, 0.15) is 5.56 Å². The molecule has 0 bridgehead atoms. The van der Waals surface area contributed by atoms with Crippen LogP contribution in [0.4, 0.5) is 22.0 Å². The lowest BCUT2D eigenvalue weighted by molar-refractivity contribution is -0.359. The largest absolute Gasteiger partial charge is 0.484 e. The van der Waals surface area contributed by atoms with E-state index in [2.05, 4.69) is 4.18 Å². The highest BCUT2D eigenvalue weighted by atomic mass is 32.2. The van der Waals surface area contributed by atoms with Gasteiger partial charge >= 0.3 is 22.4 Å². The Hall–Kier alpha value is -1.22. The molecule has 1 aromatic rings. The van der Waals surface area contributed by atoms with Crippen LogP contribution in [0.2, 0.25) is 0 Å². The molecule has 0 N–H and O–H groups in total. The molecule has 0 fully saturated rings. The molecule has 0 aliphatic rings. The highest BCUT2D eigenvalue weighted by molar-refractivity contribution is 7.86. The van der Waals surface area contributed by atoms with Gasteiger partial charge in [0.1, 0.15) is 0 Å². The molecule has 0 amide bonds. The van der Waals surface area contributed by atoms with Crippen molar-refractivity contribution in [3.63, 3.8) is 0 Å². The molecule has 1 aromatic carbocycles. The molecule has 0 spiro atoms. The van der Waals surface area contributed by atoms with Crippen LogP contribution in [0.3, 0.4) is 0 Å². The summed E-state index contributed by atoms with van der Waals surface area (Å²) in [5.74, 6) is 0. The maximum Gasteiger partial charge on any atom is 0.484 e. The van der Waals surface area contributed by atoms with Crippen molar-refractivity contribution in [2.24, 2.45) is 0 Å². The van der Waals surface area contributed by atoms with Gasteiger partial charge in [-0.15, -0.1) is 0 Å². The molecule has 0 atom stereocenters. The molecular formula is C9H7F5O3S. The minimum Gasteiger partial charge on any atom is -0.194 e. The Labute approximate surface area is 99.3 Å². The van der Waals surface area contributed by atoms with Gasteiger partial charge in [0, 0.05) is 0 Å². The molecule has 102 valence electrons. The second-order valence-electron chi connectivity index (χ2n) is 3.37. The lowest BCUT2D eigenvalue weighted by Crippen LogP contribution is -2.40. The van der Waals surface area contributed by atoms with Gasteiger partial charge in [0.05, 0.1) is 4.90 Å². The van der Waals surface area contributed by atoms with Crippen molar-refractivity contribution >= 4 is 10.1 Å². The molecular weight excluding hydrogens is 283 g/mol. The summed E-state index contributed by atoms with van der Waals surface area (Å²) in [6, 6.07) is 4.22. The van der Waals surface area contributed by atoms with Crippen LogP contribution in [0.5, 0.6) is 0 Å². The zero-order valence-electron chi connectivity index (χ0n) is 8.83. The molecule has 1 rings (SSSR count). The second-order valence-corrected chi connectivity index (χ2v) is 4.91. The van der Waals surface area contributed by atoms with E-state index in [4.69, 9.17) is 0 Å². The van der Waals surface area contributed by atoms with E-state index in [-0.39, 0.29) is 0 Å². The van der Waals surface area contributed by atoms with Gasteiger partial charge in [0.15, 0.2) is 0 Å². The number of hydrogen-bond acceptors (Lipinski definition) is 3. The summed E-state index contributed by atoms with van der Waals surface area (Å²) >= 11 is 0. The van der Waals surface area contributed by atoms with Gasteiger partial charge in [-0.3, -0.25) is 0 Å². The number of hydrogen-bond donors (Lipinski definition) is 0. The van der Waals surface area contributed by atoms with E-state index in [1.807, 2.05) is 0 Å². The predicted octanol–water partition coefficient (Wildman–Crippen LogP) is 2.86. The summed E-state index contributed by atoms with van der Waals surface area (Å²) in [5, 5.41) is 0. The standard InChI is InChI=1S/C9H7F5O3S/c1-6-2-4-7(5-3-6)18(15,16)17-9(13,14)8(10,11)12/h2-5H,1H3. The van der Waals surface area contributed by atoms with Gasteiger partial charge in [-0.05, 0) is 19.1 Å². The number of rotatable bonds is 3. The molecule has 0 radical (unpaired) electrons. The van der Waals surface area contributed by atoms with E-state index in [1.165, 1.54) is 12.1 Å². The van der Waals surface area contributed by atoms with Gasteiger partial charge < -0.3 is 0 Å². The number of aryl methyl sites for hydroxylation is 1. The topological polar surface area (TPSA) is 43.4 Å². The van der Waals surface area contributed by atoms with E-state index in [0.29, 0.717) is 5.56 Å². The second kappa shape index (κ2) is 4.47. The number of halogens is 5. The Kier molecular flexibility index (Phi) is 3.68. The maximum atomic E-state index is 12.5. The van der Waals surface area contributed by atoms with Crippen molar-refractivity contribution in [1.29, 1.82) is 0 Å². The first kappa shape index (κ1) is 14.8. The first-order valence-corrected chi connectivity index (χ1v) is 5.83. The molecule has 0 unspecified atom stereocenters. The van der Waals surface area contributed by atoms with E-state index in [0.717, 1.165) is 12.1 Å². The average molecular weight is 290 g/mol. The first-order chi connectivity index (χ1) is 7.96. The van der Waals surface area contributed by atoms with Crippen LogP contribution < -0.4 is 0 Å². The van der Waals surface area contributed by atoms with Gasteiger partial charge in [-0.25, -0.2) is 0 Å². The average Bonchev–Trinajstić information content (AvgIpc) is 2.14. The van der Waals surface area contributed by atoms with Crippen molar-refractivity contribution in [3.8, 4) is 0 Å². The molecule has 0 aliphatic heterocycles. The first-order valence-electron chi connectivity index (χ1n) is 4.42. The van der Waals surface area contributed by atoms with E-state index >= 15 is 0 Å². The molecule has 0 aromatic heterocycles. The molecule has 9 heteroatoms. The van der Waals surface area contributed by atoms with Crippen LogP contribution in [0.25, 0.3) is 0 Å². The lowest BCUT2D eigenvalue weighted by atomic mass is 10.2. The Morgan fingerprint density at radius 2 is 1.44 bits per heavy atom. The third-order valence-electron chi connectivity index (χ3n) is 1.85. The zero-order valence-corrected chi connectivity index (χ0v) is 9.65. The smallest absolute Gasteiger partial charge is 0.194 e. The van der Waals surface area contributed by atoms with Crippen molar-refractivity contribution in [2.75, 3.05) is 0 Å². The third-order valence-corrected chi connectivity index (χ3v) is 3.13. The monoisotopic (exact) mass is 290 g/mol. The van der Waals surface area contributed by atoms with Crippen LogP contribution in [-0.4, -0.2) is 20.7 Å². The van der Waals surface area contributed by atoms with Gasteiger partial charge in [-0.1, -0.05) is 17.7 Å². The summed E-state index contributed by atoms with van der Waals surface area (Å²) < 4.78 is 85.7. The Balaban J connectivity index is 3.07. The Morgan fingerprint density at radius 1 is 1.00 bits per heavy atom. The number of benzene rings is 1.